The normalized spacial score (nSPS) is 8.85. The van der Waals surface area contributed by atoms with Crippen molar-refractivity contribution in [3.05, 3.63) is 16.6 Å². The number of carbonyl (C=O) groups excluding carboxylic acids is 1. The molecule has 0 unspecified atom stereocenters. The molecule has 0 aromatic carbocycles. The molecule has 1 aromatic heterocycles. The van der Waals surface area contributed by atoms with E-state index in [0.29, 0.717) is 5.01 Å². The number of thiazole rings is 1. The zero-order valence-corrected chi connectivity index (χ0v) is 8.93. The Morgan fingerprint density at radius 3 is 2.54 bits per heavy atom. The van der Waals surface area contributed by atoms with Gasteiger partial charge in [0.05, 0.1) is 0 Å². The summed E-state index contributed by atoms with van der Waals surface area (Å²) in [6, 6.07) is 0. The molecule has 0 saturated carbocycles. The van der Waals surface area contributed by atoms with Crippen LogP contribution in [0.5, 0.6) is 0 Å². The Morgan fingerprint density at radius 1 is 1.69 bits per heavy atom. The SMILES string of the molecule is CC(=O)c1nccs1.CCCCN. The van der Waals surface area contributed by atoms with Crippen molar-refractivity contribution in [3.63, 3.8) is 0 Å². The quantitative estimate of drug-likeness (QED) is 0.760. The first-order valence-electron chi connectivity index (χ1n) is 4.32. The van der Waals surface area contributed by atoms with Crippen molar-refractivity contribution >= 4 is 17.1 Å². The van der Waals surface area contributed by atoms with E-state index in [1.165, 1.54) is 31.1 Å². The van der Waals surface area contributed by atoms with Crippen molar-refractivity contribution in [3.8, 4) is 0 Å². The number of nitrogens with zero attached hydrogens (tertiary/aromatic N) is 1. The Hall–Kier alpha value is -0.740. The fourth-order valence-electron chi connectivity index (χ4n) is 0.601. The number of aromatic nitrogens is 1. The second-order valence-electron chi connectivity index (χ2n) is 2.54. The minimum atomic E-state index is 0.0417. The van der Waals surface area contributed by atoms with Crippen LogP contribution in [-0.4, -0.2) is 17.3 Å². The first-order chi connectivity index (χ1) is 6.22. The van der Waals surface area contributed by atoms with Crippen molar-refractivity contribution in [2.24, 2.45) is 5.73 Å². The summed E-state index contributed by atoms with van der Waals surface area (Å²) in [5, 5.41) is 2.38. The lowest BCUT2D eigenvalue weighted by atomic mass is 10.3. The Kier molecular flexibility index (Phi) is 7.44. The summed E-state index contributed by atoms with van der Waals surface area (Å²) in [5.74, 6) is 0.0417. The fourth-order valence-corrected chi connectivity index (χ4v) is 1.14. The third kappa shape index (κ3) is 6.42. The maximum Gasteiger partial charge on any atom is 0.188 e. The second kappa shape index (κ2) is 7.89. The second-order valence-corrected chi connectivity index (χ2v) is 3.43. The number of hydrogen-bond donors (Lipinski definition) is 1. The van der Waals surface area contributed by atoms with Crippen molar-refractivity contribution in [2.75, 3.05) is 6.54 Å². The molecule has 1 heterocycles. The van der Waals surface area contributed by atoms with Gasteiger partial charge in [-0.15, -0.1) is 11.3 Å². The predicted molar refractivity (Wildman–Crippen MR) is 56.1 cm³/mol. The van der Waals surface area contributed by atoms with Crippen LogP contribution in [0.3, 0.4) is 0 Å². The molecule has 0 amide bonds. The highest BCUT2D eigenvalue weighted by atomic mass is 32.1. The molecule has 1 rings (SSSR count). The van der Waals surface area contributed by atoms with Crippen LogP contribution < -0.4 is 5.73 Å². The van der Waals surface area contributed by atoms with Crippen LogP contribution in [0.4, 0.5) is 0 Å². The van der Waals surface area contributed by atoms with Gasteiger partial charge in [0.15, 0.2) is 10.8 Å². The van der Waals surface area contributed by atoms with Crippen LogP contribution in [0.25, 0.3) is 0 Å². The van der Waals surface area contributed by atoms with E-state index in [1.54, 1.807) is 11.6 Å². The number of Topliss-reactive ketones (excluding diaryl/α,β-unsaturated/α-hetero) is 1. The van der Waals surface area contributed by atoms with Crippen molar-refractivity contribution < 1.29 is 4.79 Å². The summed E-state index contributed by atoms with van der Waals surface area (Å²) in [6.45, 7) is 4.49. The molecular formula is C9H16N2OS. The van der Waals surface area contributed by atoms with Gasteiger partial charge in [-0.1, -0.05) is 13.3 Å². The van der Waals surface area contributed by atoms with Gasteiger partial charge in [0.2, 0.25) is 0 Å². The van der Waals surface area contributed by atoms with Crippen LogP contribution in [0.2, 0.25) is 0 Å². The maximum atomic E-state index is 10.5. The van der Waals surface area contributed by atoms with Crippen LogP contribution in [-0.2, 0) is 0 Å². The van der Waals surface area contributed by atoms with Gasteiger partial charge in [-0.3, -0.25) is 4.79 Å². The average molecular weight is 200 g/mol. The van der Waals surface area contributed by atoms with Gasteiger partial charge >= 0.3 is 0 Å². The Balaban J connectivity index is 0.000000252. The zero-order chi connectivity index (χ0) is 10.1. The van der Waals surface area contributed by atoms with Gasteiger partial charge in [0.1, 0.15) is 0 Å². The van der Waals surface area contributed by atoms with Gasteiger partial charge in [-0.25, -0.2) is 4.98 Å². The first kappa shape index (κ1) is 12.3. The van der Waals surface area contributed by atoms with Crippen LogP contribution in [0.1, 0.15) is 36.5 Å². The minimum Gasteiger partial charge on any atom is -0.330 e. The van der Waals surface area contributed by atoms with E-state index in [9.17, 15) is 4.79 Å². The van der Waals surface area contributed by atoms with E-state index < -0.39 is 0 Å². The molecule has 0 atom stereocenters. The lowest BCUT2D eigenvalue weighted by Gasteiger charge is -1.80. The van der Waals surface area contributed by atoms with Crippen LogP contribution in [0, 0.1) is 0 Å². The van der Waals surface area contributed by atoms with Crippen LogP contribution in [0.15, 0.2) is 11.6 Å². The summed E-state index contributed by atoms with van der Waals surface area (Å²) in [5.41, 5.74) is 5.14. The van der Waals surface area contributed by atoms with Crippen molar-refractivity contribution in [1.29, 1.82) is 0 Å². The lowest BCUT2D eigenvalue weighted by molar-refractivity contribution is 0.101. The van der Waals surface area contributed by atoms with E-state index in [-0.39, 0.29) is 5.78 Å². The molecule has 0 aliphatic heterocycles. The third-order valence-electron chi connectivity index (χ3n) is 1.29. The fraction of sp³-hybridized carbons (Fsp3) is 0.556. The van der Waals surface area contributed by atoms with E-state index in [0.717, 1.165) is 6.54 Å². The lowest BCUT2D eigenvalue weighted by Crippen LogP contribution is -1.95. The number of rotatable bonds is 3. The van der Waals surface area contributed by atoms with Crippen LogP contribution >= 0.6 is 11.3 Å². The number of nitrogens with two attached hydrogens (primary N) is 1. The molecular weight excluding hydrogens is 184 g/mol. The smallest absolute Gasteiger partial charge is 0.188 e. The highest BCUT2D eigenvalue weighted by Gasteiger charge is 1.97. The molecule has 0 fully saturated rings. The Labute approximate surface area is 83.0 Å². The highest BCUT2D eigenvalue weighted by molar-refractivity contribution is 7.11. The molecule has 0 aliphatic rings. The topological polar surface area (TPSA) is 56.0 Å². The van der Waals surface area contributed by atoms with E-state index in [1.807, 2.05) is 0 Å². The van der Waals surface area contributed by atoms with Gasteiger partial charge in [0, 0.05) is 18.5 Å². The Bertz CT molecular complexity index is 220. The summed E-state index contributed by atoms with van der Waals surface area (Å²) in [7, 11) is 0. The zero-order valence-electron chi connectivity index (χ0n) is 8.12. The maximum absolute atomic E-state index is 10.5. The third-order valence-corrected chi connectivity index (χ3v) is 2.17. The van der Waals surface area contributed by atoms with Crippen molar-refractivity contribution in [1.82, 2.24) is 4.98 Å². The number of unbranched alkanes of at least 4 members (excludes halogenated alkanes) is 1. The number of ketones is 1. The number of carbonyl (C=O) groups is 1. The summed E-state index contributed by atoms with van der Waals surface area (Å²) < 4.78 is 0. The van der Waals surface area contributed by atoms with E-state index in [2.05, 4.69) is 11.9 Å². The van der Waals surface area contributed by atoms with Gasteiger partial charge in [0.25, 0.3) is 0 Å². The van der Waals surface area contributed by atoms with Crippen molar-refractivity contribution in [2.45, 2.75) is 26.7 Å². The predicted octanol–water partition coefficient (Wildman–Crippen LogP) is 2.09. The molecule has 0 bridgehead atoms. The molecule has 74 valence electrons. The van der Waals surface area contributed by atoms with E-state index in [4.69, 9.17) is 5.73 Å². The Morgan fingerprint density at radius 2 is 2.38 bits per heavy atom. The van der Waals surface area contributed by atoms with Gasteiger partial charge in [-0.05, 0) is 13.0 Å². The molecule has 0 radical (unpaired) electrons. The average Bonchev–Trinajstić information content (AvgIpc) is 2.58. The highest BCUT2D eigenvalue weighted by Crippen LogP contribution is 2.02. The summed E-state index contributed by atoms with van der Waals surface area (Å²) >= 11 is 1.37. The van der Waals surface area contributed by atoms with Gasteiger partial charge in [-0.2, -0.15) is 0 Å². The standard InChI is InChI=1S/C5H5NOS.C4H11N/c1-4(7)5-6-2-3-8-5;1-2-3-4-5/h2-3H,1H3;2-5H2,1H3. The number of hydrogen-bond acceptors (Lipinski definition) is 4. The first-order valence-corrected chi connectivity index (χ1v) is 5.20. The van der Waals surface area contributed by atoms with Gasteiger partial charge < -0.3 is 5.73 Å². The van der Waals surface area contributed by atoms with E-state index >= 15 is 0 Å². The minimum absolute atomic E-state index is 0.0417. The molecule has 4 heteroatoms. The monoisotopic (exact) mass is 200 g/mol. The summed E-state index contributed by atoms with van der Waals surface area (Å²) in [6.07, 6.45) is 4.01. The largest absolute Gasteiger partial charge is 0.330 e. The molecule has 0 saturated heterocycles. The summed E-state index contributed by atoms with van der Waals surface area (Å²) in [4.78, 5) is 14.2. The molecule has 13 heavy (non-hydrogen) atoms. The molecule has 0 spiro atoms. The molecule has 0 aliphatic carbocycles. The molecule has 1 aromatic rings. The molecule has 2 N–H and O–H groups in total. The molecule has 3 nitrogen and oxygen atoms in total.